The van der Waals surface area contributed by atoms with Crippen molar-refractivity contribution < 1.29 is 14.7 Å². The maximum Gasteiger partial charge on any atom is 0.283 e. The number of nitrogens with one attached hydrogen (secondary N) is 1. The van der Waals surface area contributed by atoms with Gasteiger partial charge in [0.25, 0.3) is 5.91 Å². The molecule has 0 aliphatic rings. The highest BCUT2D eigenvalue weighted by atomic mass is 16.3. The summed E-state index contributed by atoms with van der Waals surface area (Å²) in [5, 5.41) is 22.2. The molecule has 1 heterocycles. The Morgan fingerprint density at radius 3 is 1.95 bits per heavy atom. The van der Waals surface area contributed by atoms with Crippen molar-refractivity contribution in [2.75, 3.05) is 6.54 Å². The first-order valence-electron chi connectivity index (χ1n) is 12.3. The van der Waals surface area contributed by atoms with Crippen LogP contribution in [0.1, 0.15) is 22.6 Å². The molecule has 0 unspecified atom stereocenters. The van der Waals surface area contributed by atoms with Crippen molar-refractivity contribution in [3.8, 4) is 5.88 Å². The van der Waals surface area contributed by atoms with Gasteiger partial charge >= 0.3 is 0 Å². The second-order valence-electron chi connectivity index (χ2n) is 8.83. The van der Waals surface area contributed by atoms with Crippen LogP contribution in [0, 0.1) is 0 Å². The summed E-state index contributed by atoms with van der Waals surface area (Å²) in [5.41, 5.74) is 3.64. The second kappa shape index (κ2) is 11.3. The number of amides is 2. The Bertz CT molecular complexity index is 1540. The number of rotatable bonds is 8. The largest absolute Gasteiger partial charge is 0.493 e. The van der Waals surface area contributed by atoms with Crippen molar-refractivity contribution in [2.24, 2.45) is 10.2 Å². The molecule has 5 aromatic rings. The van der Waals surface area contributed by atoms with Gasteiger partial charge in [0, 0.05) is 5.39 Å². The molecule has 0 radical (unpaired) electrons. The number of hydrogen-bond donors (Lipinski definition) is 2. The van der Waals surface area contributed by atoms with E-state index in [2.05, 4.69) is 15.5 Å². The van der Waals surface area contributed by atoms with Crippen LogP contribution in [0.15, 0.2) is 125 Å². The van der Waals surface area contributed by atoms with Gasteiger partial charge in [-0.1, -0.05) is 109 Å². The normalized spacial score (nSPS) is 11.3. The van der Waals surface area contributed by atoms with Crippen molar-refractivity contribution in [3.63, 3.8) is 0 Å². The van der Waals surface area contributed by atoms with E-state index in [9.17, 15) is 14.7 Å². The smallest absolute Gasteiger partial charge is 0.283 e. The van der Waals surface area contributed by atoms with Crippen molar-refractivity contribution in [1.29, 1.82) is 0 Å². The van der Waals surface area contributed by atoms with E-state index in [-0.39, 0.29) is 24.0 Å². The SMILES string of the molecule is O=C(CNC(=O)C(c1ccccc1)c1ccccc1)N=Nc1c(O)n(Cc2ccccc2)c2ccccc12. The molecule has 1 aromatic heterocycles. The Kier molecular flexibility index (Phi) is 7.36. The maximum atomic E-state index is 13.1. The predicted octanol–water partition coefficient (Wildman–Crippen LogP) is 5.95. The van der Waals surface area contributed by atoms with Gasteiger partial charge < -0.3 is 15.0 Å². The van der Waals surface area contributed by atoms with Crippen LogP contribution in [0.4, 0.5) is 5.69 Å². The van der Waals surface area contributed by atoms with Gasteiger partial charge in [-0.05, 0) is 22.8 Å². The molecule has 0 bridgehead atoms. The zero-order valence-corrected chi connectivity index (χ0v) is 20.6. The fourth-order valence-corrected chi connectivity index (χ4v) is 4.49. The molecule has 0 atom stereocenters. The van der Waals surface area contributed by atoms with E-state index in [1.165, 1.54) is 0 Å². The number of fused-ring (bicyclic) bond motifs is 1. The Hall–Kier alpha value is -5.04. The molecule has 0 fully saturated rings. The lowest BCUT2D eigenvalue weighted by atomic mass is 9.90. The lowest BCUT2D eigenvalue weighted by molar-refractivity contribution is -0.125. The first kappa shape index (κ1) is 24.6. The molecule has 38 heavy (non-hydrogen) atoms. The molecule has 0 saturated heterocycles. The van der Waals surface area contributed by atoms with Crippen LogP contribution in [-0.4, -0.2) is 28.0 Å². The molecule has 188 valence electrons. The van der Waals surface area contributed by atoms with Crippen LogP contribution in [0.25, 0.3) is 10.9 Å². The van der Waals surface area contributed by atoms with Gasteiger partial charge in [0.1, 0.15) is 6.54 Å². The van der Waals surface area contributed by atoms with E-state index in [0.29, 0.717) is 11.9 Å². The predicted molar refractivity (Wildman–Crippen MR) is 146 cm³/mol. The quantitative estimate of drug-likeness (QED) is 0.257. The number of carbonyl (C=O) groups excluding carboxylic acids is 2. The monoisotopic (exact) mass is 502 g/mol. The maximum absolute atomic E-state index is 13.1. The van der Waals surface area contributed by atoms with Crippen LogP contribution in [-0.2, 0) is 16.1 Å². The zero-order valence-electron chi connectivity index (χ0n) is 20.6. The van der Waals surface area contributed by atoms with Gasteiger partial charge in [0.2, 0.25) is 11.8 Å². The number of aromatic nitrogens is 1. The highest BCUT2D eigenvalue weighted by Crippen LogP contribution is 2.39. The number of azo groups is 1. The lowest BCUT2D eigenvalue weighted by Crippen LogP contribution is -2.33. The standard InChI is InChI=1S/C31H26N4O3/c36-27(20-32-30(37)28(23-14-6-2-7-15-23)24-16-8-3-9-17-24)33-34-29-25-18-10-11-19-26(25)35(31(29)38)21-22-12-4-1-5-13-22/h1-19,28,38H,20-21H2,(H,32,37). The third-order valence-electron chi connectivity index (χ3n) is 6.30. The molecular formula is C31H26N4O3. The van der Waals surface area contributed by atoms with E-state index in [1.54, 1.807) is 4.57 Å². The fraction of sp³-hybridized carbons (Fsp3) is 0.0968. The molecule has 2 amide bonds. The van der Waals surface area contributed by atoms with E-state index >= 15 is 0 Å². The number of hydrogen-bond acceptors (Lipinski definition) is 4. The van der Waals surface area contributed by atoms with Gasteiger partial charge in [0.05, 0.1) is 18.0 Å². The topological polar surface area (TPSA) is 96.1 Å². The molecule has 0 aliphatic heterocycles. The highest BCUT2D eigenvalue weighted by Gasteiger charge is 2.23. The summed E-state index contributed by atoms with van der Waals surface area (Å²) in [6.45, 7) is 0.120. The third kappa shape index (κ3) is 5.37. The number of aromatic hydroxyl groups is 1. The van der Waals surface area contributed by atoms with E-state index in [4.69, 9.17) is 0 Å². The summed E-state index contributed by atoms with van der Waals surface area (Å²) in [7, 11) is 0. The highest BCUT2D eigenvalue weighted by molar-refractivity contribution is 5.95. The summed E-state index contributed by atoms with van der Waals surface area (Å²) < 4.78 is 1.73. The van der Waals surface area contributed by atoms with Crippen LogP contribution in [0.2, 0.25) is 0 Å². The summed E-state index contributed by atoms with van der Waals surface area (Å²) in [4.78, 5) is 25.7. The van der Waals surface area contributed by atoms with Crippen LogP contribution in [0.3, 0.4) is 0 Å². The molecule has 0 spiro atoms. The molecule has 0 aliphatic carbocycles. The Morgan fingerprint density at radius 1 is 0.763 bits per heavy atom. The number of carbonyl (C=O) groups is 2. The van der Waals surface area contributed by atoms with E-state index in [1.807, 2.05) is 115 Å². The van der Waals surface area contributed by atoms with Crippen molar-refractivity contribution in [2.45, 2.75) is 12.5 Å². The van der Waals surface area contributed by atoms with E-state index in [0.717, 1.165) is 22.2 Å². The van der Waals surface area contributed by atoms with Gasteiger partial charge in [0.15, 0.2) is 5.69 Å². The number of benzene rings is 4. The Morgan fingerprint density at radius 2 is 1.32 bits per heavy atom. The Balaban J connectivity index is 1.33. The molecule has 5 rings (SSSR count). The van der Waals surface area contributed by atoms with E-state index < -0.39 is 11.8 Å². The summed E-state index contributed by atoms with van der Waals surface area (Å²) in [6, 6.07) is 36.0. The summed E-state index contributed by atoms with van der Waals surface area (Å²) in [5.74, 6) is -1.59. The van der Waals surface area contributed by atoms with Crippen molar-refractivity contribution in [1.82, 2.24) is 9.88 Å². The van der Waals surface area contributed by atoms with Crippen LogP contribution < -0.4 is 5.32 Å². The minimum atomic E-state index is -0.627. The van der Waals surface area contributed by atoms with Crippen LogP contribution >= 0.6 is 0 Å². The average Bonchev–Trinajstić information content (AvgIpc) is 3.23. The van der Waals surface area contributed by atoms with Gasteiger partial charge in [-0.25, -0.2) is 0 Å². The molecule has 4 aromatic carbocycles. The van der Waals surface area contributed by atoms with Gasteiger partial charge in [-0.15, -0.1) is 10.2 Å². The number of para-hydroxylation sites is 1. The van der Waals surface area contributed by atoms with Gasteiger partial charge in [-0.2, -0.15) is 0 Å². The minimum absolute atomic E-state index is 0.0798. The molecule has 7 nitrogen and oxygen atoms in total. The minimum Gasteiger partial charge on any atom is -0.493 e. The van der Waals surface area contributed by atoms with Crippen molar-refractivity contribution in [3.05, 3.63) is 132 Å². The third-order valence-corrected chi connectivity index (χ3v) is 6.30. The second-order valence-corrected chi connectivity index (χ2v) is 8.83. The molecule has 2 N–H and O–H groups in total. The van der Waals surface area contributed by atoms with Gasteiger partial charge in [-0.3, -0.25) is 9.59 Å². The summed E-state index contributed by atoms with van der Waals surface area (Å²) >= 11 is 0. The molecule has 7 heteroatoms. The first-order chi connectivity index (χ1) is 18.6. The summed E-state index contributed by atoms with van der Waals surface area (Å²) in [6.07, 6.45) is 0. The zero-order chi connectivity index (χ0) is 26.3. The van der Waals surface area contributed by atoms with Crippen molar-refractivity contribution >= 4 is 28.4 Å². The number of nitrogens with zero attached hydrogens (tertiary/aromatic N) is 3. The first-order valence-corrected chi connectivity index (χ1v) is 12.3. The fourth-order valence-electron chi connectivity index (χ4n) is 4.49. The Labute approximate surface area is 220 Å². The molecular weight excluding hydrogens is 476 g/mol. The average molecular weight is 503 g/mol. The molecule has 0 saturated carbocycles. The van der Waals surface area contributed by atoms with Crippen LogP contribution in [0.5, 0.6) is 5.88 Å². The lowest BCUT2D eigenvalue weighted by Gasteiger charge is -2.17.